The average molecular weight is 402 g/mol. The molecule has 3 heteroatoms. The summed E-state index contributed by atoms with van der Waals surface area (Å²) in [6.07, 6.45) is 6.47. The largest absolute Gasteiger partial charge is 0.334 e. The van der Waals surface area contributed by atoms with Crippen molar-refractivity contribution in [3.05, 3.63) is 71.8 Å². The summed E-state index contributed by atoms with van der Waals surface area (Å²) in [5.41, 5.74) is 2.37. The number of hydrogen-bond acceptors (Lipinski definition) is 1. The van der Waals surface area contributed by atoms with Crippen LogP contribution in [0.1, 0.15) is 49.7 Å². The van der Waals surface area contributed by atoms with Crippen molar-refractivity contribution in [2.75, 3.05) is 5.33 Å². The maximum Gasteiger partial charge on any atom is 0.223 e. The lowest BCUT2D eigenvalue weighted by Gasteiger charge is -2.23. The van der Waals surface area contributed by atoms with E-state index in [1.54, 1.807) is 0 Å². The van der Waals surface area contributed by atoms with E-state index in [1.165, 1.54) is 30.4 Å². The zero-order valence-electron chi connectivity index (χ0n) is 14.9. The van der Waals surface area contributed by atoms with Crippen LogP contribution in [0.25, 0.3) is 0 Å². The Labute approximate surface area is 160 Å². The number of carbonyl (C=O) groups is 1. The van der Waals surface area contributed by atoms with E-state index in [1.807, 2.05) is 41.3 Å². The van der Waals surface area contributed by atoms with Crippen molar-refractivity contribution in [3.63, 3.8) is 0 Å². The van der Waals surface area contributed by atoms with Gasteiger partial charge in [0.15, 0.2) is 0 Å². The number of amides is 1. The lowest BCUT2D eigenvalue weighted by atomic mass is 10.1. The number of unbranched alkanes of at least 4 members (excludes halogenated alkanes) is 4. The molecule has 2 aromatic carbocycles. The summed E-state index contributed by atoms with van der Waals surface area (Å²) in [7, 11) is 0. The number of hydrogen-bond donors (Lipinski definition) is 0. The number of rotatable bonds is 11. The zero-order valence-corrected chi connectivity index (χ0v) is 16.5. The quantitative estimate of drug-likeness (QED) is 0.336. The molecule has 0 spiro atoms. The average Bonchev–Trinajstić information content (AvgIpc) is 2.65. The normalized spacial score (nSPS) is 10.6. The maximum atomic E-state index is 12.8. The monoisotopic (exact) mass is 401 g/mol. The highest BCUT2D eigenvalue weighted by Crippen LogP contribution is 2.14. The Morgan fingerprint density at radius 1 is 0.720 bits per heavy atom. The molecule has 0 fully saturated rings. The highest BCUT2D eigenvalue weighted by Gasteiger charge is 2.14. The summed E-state index contributed by atoms with van der Waals surface area (Å²) in [5, 5.41) is 1.08. The fourth-order valence-electron chi connectivity index (χ4n) is 2.90. The van der Waals surface area contributed by atoms with Crippen molar-refractivity contribution in [1.29, 1.82) is 0 Å². The summed E-state index contributed by atoms with van der Waals surface area (Å²) in [4.78, 5) is 14.7. The maximum absolute atomic E-state index is 12.8. The zero-order chi connectivity index (χ0) is 17.7. The molecular formula is C22H28BrNO. The van der Waals surface area contributed by atoms with Crippen molar-refractivity contribution in [1.82, 2.24) is 4.90 Å². The predicted octanol–water partition coefficient (Wildman–Crippen LogP) is 5.95. The third kappa shape index (κ3) is 7.87. The van der Waals surface area contributed by atoms with Crippen LogP contribution < -0.4 is 0 Å². The molecule has 0 heterocycles. The van der Waals surface area contributed by atoms with Gasteiger partial charge in [0.25, 0.3) is 0 Å². The van der Waals surface area contributed by atoms with Gasteiger partial charge in [-0.15, -0.1) is 0 Å². The molecule has 2 aromatic rings. The van der Waals surface area contributed by atoms with Crippen LogP contribution in [0.4, 0.5) is 0 Å². The second-order valence-electron chi connectivity index (χ2n) is 6.43. The number of carbonyl (C=O) groups excluding carboxylic acids is 1. The fourth-order valence-corrected chi connectivity index (χ4v) is 3.30. The molecule has 2 nitrogen and oxygen atoms in total. The van der Waals surface area contributed by atoms with Crippen LogP contribution in [-0.4, -0.2) is 16.1 Å². The van der Waals surface area contributed by atoms with E-state index in [2.05, 4.69) is 40.2 Å². The van der Waals surface area contributed by atoms with Crippen molar-refractivity contribution in [3.8, 4) is 0 Å². The van der Waals surface area contributed by atoms with E-state index in [4.69, 9.17) is 0 Å². The first-order valence-corrected chi connectivity index (χ1v) is 10.3. The summed E-state index contributed by atoms with van der Waals surface area (Å²) < 4.78 is 0. The molecule has 0 radical (unpaired) electrons. The number of benzene rings is 2. The Bertz CT molecular complexity index is 558. The van der Waals surface area contributed by atoms with Crippen LogP contribution >= 0.6 is 15.9 Å². The molecule has 0 bridgehead atoms. The van der Waals surface area contributed by atoms with E-state index >= 15 is 0 Å². The van der Waals surface area contributed by atoms with Gasteiger partial charge in [0.05, 0.1) is 0 Å². The van der Waals surface area contributed by atoms with Crippen LogP contribution in [0.3, 0.4) is 0 Å². The molecule has 0 aliphatic carbocycles. The number of nitrogens with zero attached hydrogens (tertiary/aromatic N) is 1. The van der Waals surface area contributed by atoms with E-state index in [0.717, 1.165) is 18.2 Å². The molecule has 0 saturated carbocycles. The molecule has 25 heavy (non-hydrogen) atoms. The Balaban J connectivity index is 1.90. The minimum absolute atomic E-state index is 0.258. The van der Waals surface area contributed by atoms with E-state index in [0.29, 0.717) is 19.5 Å². The highest BCUT2D eigenvalue weighted by molar-refractivity contribution is 9.09. The first-order valence-electron chi connectivity index (χ1n) is 9.21. The van der Waals surface area contributed by atoms with Crippen LogP contribution in [0.15, 0.2) is 60.7 Å². The van der Waals surface area contributed by atoms with Gasteiger partial charge < -0.3 is 4.90 Å². The highest BCUT2D eigenvalue weighted by atomic mass is 79.9. The van der Waals surface area contributed by atoms with Gasteiger partial charge in [-0.3, -0.25) is 4.79 Å². The molecule has 0 unspecified atom stereocenters. The molecule has 1 amide bonds. The van der Waals surface area contributed by atoms with Gasteiger partial charge in [0, 0.05) is 24.8 Å². The standard InChI is InChI=1S/C22H28BrNO/c23-17-11-3-1-2-10-16-22(25)24(18-20-12-6-4-7-13-20)19-21-14-8-5-9-15-21/h4-9,12-15H,1-3,10-11,16-19H2. The minimum Gasteiger partial charge on any atom is -0.334 e. The molecule has 0 aliphatic rings. The van der Waals surface area contributed by atoms with Crippen molar-refractivity contribution in [2.45, 2.75) is 51.6 Å². The van der Waals surface area contributed by atoms with Gasteiger partial charge in [0.1, 0.15) is 0 Å². The predicted molar refractivity (Wildman–Crippen MR) is 109 cm³/mol. The van der Waals surface area contributed by atoms with Crippen molar-refractivity contribution in [2.24, 2.45) is 0 Å². The summed E-state index contributed by atoms with van der Waals surface area (Å²) in [5.74, 6) is 0.258. The molecule has 2 rings (SSSR count). The van der Waals surface area contributed by atoms with Gasteiger partial charge in [-0.25, -0.2) is 0 Å². The lowest BCUT2D eigenvalue weighted by molar-refractivity contribution is -0.132. The number of halogens is 1. The molecule has 0 atom stereocenters. The first-order chi connectivity index (χ1) is 12.3. The van der Waals surface area contributed by atoms with E-state index in [9.17, 15) is 4.79 Å². The third-order valence-corrected chi connectivity index (χ3v) is 4.87. The molecule has 0 saturated heterocycles. The SMILES string of the molecule is O=C(CCCCCCCBr)N(Cc1ccccc1)Cc1ccccc1. The molecule has 0 aliphatic heterocycles. The van der Waals surface area contributed by atoms with Crippen molar-refractivity contribution >= 4 is 21.8 Å². The fraction of sp³-hybridized carbons (Fsp3) is 0.409. The second kappa shape index (κ2) is 11.9. The minimum atomic E-state index is 0.258. The third-order valence-electron chi connectivity index (χ3n) is 4.31. The van der Waals surface area contributed by atoms with Crippen LogP contribution in [0.5, 0.6) is 0 Å². The van der Waals surface area contributed by atoms with E-state index < -0.39 is 0 Å². The molecule has 134 valence electrons. The summed E-state index contributed by atoms with van der Waals surface area (Å²) >= 11 is 3.46. The molecule has 0 N–H and O–H groups in total. The second-order valence-corrected chi connectivity index (χ2v) is 7.22. The first kappa shape index (κ1) is 19.7. The Hall–Kier alpha value is -1.61. The van der Waals surface area contributed by atoms with Crippen LogP contribution in [0.2, 0.25) is 0 Å². The summed E-state index contributed by atoms with van der Waals surface area (Å²) in [6.45, 7) is 1.36. The lowest BCUT2D eigenvalue weighted by Crippen LogP contribution is -2.29. The van der Waals surface area contributed by atoms with Gasteiger partial charge in [-0.05, 0) is 24.0 Å². The van der Waals surface area contributed by atoms with Crippen molar-refractivity contribution < 1.29 is 4.79 Å². The summed E-state index contributed by atoms with van der Waals surface area (Å²) in [6, 6.07) is 20.5. The van der Waals surface area contributed by atoms with Crippen LogP contribution in [0, 0.1) is 0 Å². The Morgan fingerprint density at radius 2 is 1.20 bits per heavy atom. The Kier molecular flexibility index (Phi) is 9.35. The molecular weight excluding hydrogens is 374 g/mol. The van der Waals surface area contributed by atoms with Gasteiger partial charge in [-0.2, -0.15) is 0 Å². The Morgan fingerprint density at radius 3 is 1.72 bits per heavy atom. The molecule has 0 aromatic heterocycles. The smallest absolute Gasteiger partial charge is 0.223 e. The van der Waals surface area contributed by atoms with Gasteiger partial charge >= 0.3 is 0 Å². The van der Waals surface area contributed by atoms with Gasteiger partial charge in [-0.1, -0.05) is 95.9 Å². The topological polar surface area (TPSA) is 20.3 Å². The van der Waals surface area contributed by atoms with E-state index in [-0.39, 0.29) is 5.91 Å². The van der Waals surface area contributed by atoms with Gasteiger partial charge in [0.2, 0.25) is 5.91 Å². The number of alkyl halides is 1. The van der Waals surface area contributed by atoms with Crippen LogP contribution in [-0.2, 0) is 17.9 Å².